The fourth-order valence-electron chi connectivity index (χ4n) is 0.530. The van der Waals surface area contributed by atoms with Gasteiger partial charge in [-0.1, -0.05) is 0 Å². The van der Waals surface area contributed by atoms with E-state index in [1.165, 1.54) is 6.42 Å². The van der Waals surface area contributed by atoms with Gasteiger partial charge < -0.3 is 0 Å². The molecule has 0 saturated heterocycles. The Morgan fingerprint density at radius 2 is 1.44 bits per heavy atom. The zero-order valence-corrected chi connectivity index (χ0v) is 10.6. The Balaban J connectivity index is 4.14. The molecule has 0 spiro atoms. The van der Waals surface area contributed by atoms with Gasteiger partial charge in [-0.15, -0.1) is 0 Å². The van der Waals surface area contributed by atoms with Gasteiger partial charge >= 0.3 is 63.8 Å². The van der Waals surface area contributed by atoms with Gasteiger partial charge in [0.15, 0.2) is 0 Å². The summed E-state index contributed by atoms with van der Waals surface area (Å²) in [5, 5.41) is 0. The number of rotatable bonds is 2. The molecule has 0 nitrogen and oxygen atoms in total. The minimum absolute atomic E-state index is 0.689. The summed E-state index contributed by atoms with van der Waals surface area (Å²) < 4.78 is 0.689. The molecule has 0 atom stereocenters. The molecule has 0 bridgehead atoms. The molecule has 0 fully saturated rings. The molecule has 1 heteroatoms. The first-order valence-electron chi connectivity index (χ1n) is 3.81. The molecule has 0 aromatic heterocycles. The van der Waals surface area contributed by atoms with E-state index in [1.807, 2.05) is 0 Å². The number of hydrogen-bond acceptors (Lipinski definition) is 0. The second-order valence-electron chi connectivity index (χ2n) is 4.49. The summed E-state index contributed by atoms with van der Waals surface area (Å²) in [5.41, 5.74) is 0. The molecular formula is C8H20Sn. The van der Waals surface area contributed by atoms with Crippen LogP contribution in [0, 0.1) is 0 Å². The molecule has 0 heterocycles. The molecule has 0 aliphatic heterocycles. The fourth-order valence-corrected chi connectivity index (χ4v) is 3.56. The quantitative estimate of drug-likeness (QED) is 0.642. The van der Waals surface area contributed by atoms with E-state index in [2.05, 4.69) is 35.6 Å². The van der Waals surface area contributed by atoms with E-state index >= 15 is 0 Å². The van der Waals surface area contributed by atoms with Crippen LogP contribution in [0.2, 0.25) is 18.2 Å². The molecular weight excluding hydrogens is 215 g/mol. The number of hydrogen-bond donors (Lipinski definition) is 0. The van der Waals surface area contributed by atoms with Gasteiger partial charge in [0, 0.05) is 0 Å². The summed E-state index contributed by atoms with van der Waals surface area (Å²) >= 11 is -1.57. The van der Waals surface area contributed by atoms with Crippen LogP contribution in [-0.4, -0.2) is 18.4 Å². The summed E-state index contributed by atoms with van der Waals surface area (Å²) in [5.74, 6) is 0. The van der Waals surface area contributed by atoms with E-state index in [4.69, 9.17) is 0 Å². The van der Waals surface area contributed by atoms with E-state index in [1.54, 1.807) is 0 Å². The molecule has 0 amide bonds. The first kappa shape index (κ1) is 9.80. The third-order valence-electron chi connectivity index (χ3n) is 2.91. The van der Waals surface area contributed by atoms with Gasteiger partial charge in [-0.25, -0.2) is 0 Å². The predicted octanol–water partition coefficient (Wildman–Crippen LogP) is 3.51. The van der Waals surface area contributed by atoms with Gasteiger partial charge in [0.25, 0.3) is 0 Å². The van der Waals surface area contributed by atoms with Crippen LogP contribution in [0.5, 0.6) is 0 Å². The maximum absolute atomic E-state index is 2.51. The van der Waals surface area contributed by atoms with Crippen LogP contribution < -0.4 is 0 Å². The van der Waals surface area contributed by atoms with Crippen LogP contribution in [0.1, 0.15) is 27.2 Å². The van der Waals surface area contributed by atoms with Gasteiger partial charge in [0.2, 0.25) is 0 Å². The summed E-state index contributed by atoms with van der Waals surface area (Å²) in [4.78, 5) is 7.54. The van der Waals surface area contributed by atoms with E-state index in [-0.39, 0.29) is 0 Å². The molecule has 0 unspecified atom stereocenters. The first-order chi connectivity index (χ1) is 3.81. The van der Waals surface area contributed by atoms with E-state index in [0.717, 1.165) is 0 Å². The Kier molecular flexibility index (Phi) is 3.06. The van der Waals surface area contributed by atoms with E-state index in [9.17, 15) is 0 Å². The molecule has 0 radical (unpaired) electrons. The van der Waals surface area contributed by atoms with Gasteiger partial charge in [0.1, 0.15) is 0 Å². The first-order valence-corrected chi connectivity index (χ1v) is 13.8. The van der Waals surface area contributed by atoms with Crippen molar-refractivity contribution in [2.24, 2.45) is 0 Å². The Bertz CT molecular complexity index is 87.2. The SMILES string of the molecule is CC[C](C)(C)[Sn]([CH3])([CH3])[CH3]. The minimum atomic E-state index is -1.57. The summed E-state index contributed by atoms with van der Waals surface area (Å²) in [7, 11) is 0. The van der Waals surface area contributed by atoms with Crippen molar-refractivity contribution in [1.29, 1.82) is 0 Å². The van der Waals surface area contributed by atoms with Crippen LogP contribution in [0.3, 0.4) is 0 Å². The zero-order chi connectivity index (χ0) is 7.71. The topological polar surface area (TPSA) is 0 Å². The molecule has 0 aliphatic rings. The fraction of sp³-hybridized carbons (Fsp3) is 1.00. The molecule has 0 aliphatic carbocycles. The van der Waals surface area contributed by atoms with Crippen molar-refractivity contribution in [3.8, 4) is 0 Å². The molecule has 56 valence electrons. The normalized spacial score (nSPS) is 14.0. The third kappa shape index (κ3) is 2.48. The van der Waals surface area contributed by atoms with E-state index in [0.29, 0.717) is 3.43 Å². The van der Waals surface area contributed by atoms with Crippen LogP contribution in [0.25, 0.3) is 0 Å². The van der Waals surface area contributed by atoms with Crippen molar-refractivity contribution in [3.63, 3.8) is 0 Å². The van der Waals surface area contributed by atoms with Crippen LogP contribution >= 0.6 is 0 Å². The molecule has 0 N–H and O–H groups in total. The maximum atomic E-state index is 2.51. The monoisotopic (exact) mass is 236 g/mol. The van der Waals surface area contributed by atoms with Crippen molar-refractivity contribution in [2.45, 2.75) is 45.4 Å². The van der Waals surface area contributed by atoms with Crippen LogP contribution in [-0.2, 0) is 0 Å². The van der Waals surface area contributed by atoms with Crippen molar-refractivity contribution < 1.29 is 0 Å². The second-order valence-corrected chi connectivity index (χ2v) is 21.2. The Labute approximate surface area is 63.9 Å². The summed E-state index contributed by atoms with van der Waals surface area (Å²) in [6, 6.07) is 0. The van der Waals surface area contributed by atoms with Crippen LogP contribution in [0.4, 0.5) is 0 Å². The summed E-state index contributed by atoms with van der Waals surface area (Å²) in [6.45, 7) is 7.15. The Morgan fingerprint density at radius 3 is 1.44 bits per heavy atom. The van der Waals surface area contributed by atoms with Crippen molar-refractivity contribution in [2.75, 3.05) is 0 Å². The molecule has 0 aromatic carbocycles. The average molecular weight is 235 g/mol. The average Bonchev–Trinajstić information content (AvgIpc) is 1.64. The van der Waals surface area contributed by atoms with Crippen molar-refractivity contribution in [3.05, 3.63) is 0 Å². The van der Waals surface area contributed by atoms with Gasteiger partial charge in [-0.05, 0) is 0 Å². The van der Waals surface area contributed by atoms with Crippen LogP contribution in [0.15, 0.2) is 0 Å². The Morgan fingerprint density at radius 1 is 1.11 bits per heavy atom. The molecule has 9 heavy (non-hydrogen) atoms. The second kappa shape index (κ2) is 2.81. The summed E-state index contributed by atoms with van der Waals surface area (Å²) in [6.07, 6.45) is 1.35. The van der Waals surface area contributed by atoms with Gasteiger partial charge in [-0.2, -0.15) is 0 Å². The molecule has 0 rings (SSSR count). The van der Waals surface area contributed by atoms with Gasteiger partial charge in [-0.3, -0.25) is 0 Å². The molecule has 0 saturated carbocycles. The van der Waals surface area contributed by atoms with Gasteiger partial charge in [0.05, 0.1) is 0 Å². The third-order valence-corrected chi connectivity index (χ3v) is 15.5. The predicted molar refractivity (Wildman–Crippen MR) is 47.7 cm³/mol. The van der Waals surface area contributed by atoms with Crippen molar-refractivity contribution >= 4 is 18.4 Å². The standard InChI is InChI=1S/C5H11.3CH3.Sn/c1-4-5(2)3;;;;/h4H2,1-3H3;3*1H3;. The van der Waals surface area contributed by atoms with E-state index < -0.39 is 18.4 Å². The molecule has 0 aromatic rings. The van der Waals surface area contributed by atoms with Crippen molar-refractivity contribution in [1.82, 2.24) is 0 Å². The Hall–Kier alpha value is 0.799. The zero-order valence-electron chi connectivity index (χ0n) is 7.71.